The second-order valence-electron chi connectivity index (χ2n) is 4.05. The van der Waals surface area contributed by atoms with Crippen LogP contribution >= 0.6 is 11.3 Å². The van der Waals surface area contributed by atoms with Crippen molar-refractivity contribution in [3.05, 3.63) is 57.5 Å². The summed E-state index contributed by atoms with van der Waals surface area (Å²) in [4.78, 5) is 11.3. The molecule has 2 rings (SSSR count). The van der Waals surface area contributed by atoms with Gasteiger partial charge in [-0.3, -0.25) is 0 Å². The molecule has 0 aliphatic rings. The molecule has 2 N–H and O–H groups in total. The number of hydrogen-bond acceptors (Lipinski definition) is 3. The lowest BCUT2D eigenvalue weighted by atomic mass is 9.92. The van der Waals surface area contributed by atoms with Crippen molar-refractivity contribution in [1.82, 2.24) is 0 Å². The Labute approximate surface area is 107 Å². The molecule has 0 bridgehead atoms. The van der Waals surface area contributed by atoms with Crippen molar-refractivity contribution >= 4 is 17.3 Å². The standard InChI is InChI=1S/C13H11FO3S/c1-13(17,8-3-2-4-9(14)7-8)11-10(12(15)16)5-6-18-11/h2-7,17H,1H3,(H,15,16). The minimum absolute atomic E-state index is 0.0364. The van der Waals surface area contributed by atoms with Crippen LogP contribution in [0.1, 0.15) is 27.7 Å². The van der Waals surface area contributed by atoms with Crippen molar-refractivity contribution < 1.29 is 19.4 Å². The molecular weight excluding hydrogens is 255 g/mol. The molecule has 0 fully saturated rings. The second-order valence-corrected chi connectivity index (χ2v) is 4.97. The Bertz CT molecular complexity index is 589. The molecule has 18 heavy (non-hydrogen) atoms. The van der Waals surface area contributed by atoms with Crippen molar-refractivity contribution in [3.8, 4) is 0 Å². The summed E-state index contributed by atoms with van der Waals surface area (Å²) in [5.74, 6) is -1.58. The minimum Gasteiger partial charge on any atom is -0.478 e. The molecule has 3 nitrogen and oxygen atoms in total. The highest BCUT2D eigenvalue weighted by Crippen LogP contribution is 2.35. The largest absolute Gasteiger partial charge is 0.478 e. The van der Waals surface area contributed by atoms with Crippen LogP contribution in [0.15, 0.2) is 35.7 Å². The maximum absolute atomic E-state index is 13.2. The number of hydrogen-bond donors (Lipinski definition) is 2. The molecule has 0 radical (unpaired) electrons. The van der Waals surface area contributed by atoms with Crippen molar-refractivity contribution in [3.63, 3.8) is 0 Å². The van der Waals surface area contributed by atoms with Gasteiger partial charge in [0.1, 0.15) is 11.4 Å². The minimum atomic E-state index is -1.52. The van der Waals surface area contributed by atoms with E-state index in [1.165, 1.54) is 31.2 Å². The van der Waals surface area contributed by atoms with Gasteiger partial charge in [-0.05, 0) is 36.1 Å². The highest BCUT2D eigenvalue weighted by Gasteiger charge is 2.31. The molecule has 1 aromatic heterocycles. The van der Waals surface area contributed by atoms with Gasteiger partial charge in [-0.15, -0.1) is 11.3 Å². The second kappa shape index (κ2) is 4.51. The van der Waals surface area contributed by atoms with Crippen molar-refractivity contribution in [2.24, 2.45) is 0 Å². The van der Waals surface area contributed by atoms with Crippen LogP contribution in [0.2, 0.25) is 0 Å². The third-order valence-corrected chi connectivity index (χ3v) is 3.85. The van der Waals surface area contributed by atoms with E-state index in [-0.39, 0.29) is 5.56 Å². The Kier molecular flexibility index (Phi) is 3.19. The Hall–Kier alpha value is -1.72. The van der Waals surface area contributed by atoms with Gasteiger partial charge in [0.15, 0.2) is 0 Å². The van der Waals surface area contributed by atoms with Gasteiger partial charge < -0.3 is 10.2 Å². The molecule has 1 heterocycles. The average molecular weight is 266 g/mol. The smallest absolute Gasteiger partial charge is 0.336 e. The molecule has 0 saturated carbocycles. The topological polar surface area (TPSA) is 57.5 Å². The van der Waals surface area contributed by atoms with Crippen LogP contribution in [0.25, 0.3) is 0 Å². The molecule has 0 aliphatic carbocycles. The van der Waals surface area contributed by atoms with Gasteiger partial charge in [0.25, 0.3) is 0 Å². The van der Waals surface area contributed by atoms with Crippen LogP contribution in [0.5, 0.6) is 0 Å². The van der Waals surface area contributed by atoms with E-state index in [1.807, 2.05) is 0 Å². The number of carboxylic acid groups (broad SMARTS) is 1. The van der Waals surface area contributed by atoms with Gasteiger partial charge >= 0.3 is 5.97 Å². The quantitative estimate of drug-likeness (QED) is 0.898. The number of halogens is 1. The highest BCUT2D eigenvalue weighted by atomic mass is 32.1. The van der Waals surface area contributed by atoms with E-state index in [0.717, 1.165) is 11.3 Å². The van der Waals surface area contributed by atoms with Gasteiger partial charge in [0.2, 0.25) is 0 Å². The lowest BCUT2D eigenvalue weighted by molar-refractivity contribution is 0.0674. The van der Waals surface area contributed by atoms with Crippen LogP contribution in [0.4, 0.5) is 4.39 Å². The van der Waals surface area contributed by atoms with E-state index >= 15 is 0 Å². The molecule has 1 unspecified atom stereocenters. The Morgan fingerprint density at radius 3 is 2.72 bits per heavy atom. The molecule has 0 amide bonds. The lowest BCUT2D eigenvalue weighted by Crippen LogP contribution is -2.24. The molecule has 5 heteroatoms. The summed E-state index contributed by atoms with van der Waals surface area (Å²) in [5.41, 5.74) is -1.16. The van der Waals surface area contributed by atoms with Gasteiger partial charge in [-0.2, -0.15) is 0 Å². The molecule has 1 aromatic carbocycles. The van der Waals surface area contributed by atoms with Crippen LogP contribution in [-0.4, -0.2) is 16.2 Å². The first kappa shape index (κ1) is 12.7. The Morgan fingerprint density at radius 2 is 2.11 bits per heavy atom. The van der Waals surface area contributed by atoms with Gasteiger partial charge in [0.05, 0.1) is 10.4 Å². The summed E-state index contributed by atoms with van der Waals surface area (Å²) >= 11 is 1.13. The van der Waals surface area contributed by atoms with Crippen LogP contribution in [0.3, 0.4) is 0 Å². The Balaban J connectivity index is 2.54. The summed E-state index contributed by atoms with van der Waals surface area (Å²) in [6.45, 7) is 1.46. The van der Waals surface area contributed by atoms with Crippen molar-refractivity contribution in [2.75, 3.05) is 0 Å². The highest BCUT2D eigenvalue weighted by molar-refractivity contribution is 7.10. The lowest BCUT2D eigenvalue weighted by Gasteiger charge is -2.23. The van der Waals surface area contributed by atoms with Crippen molar-refractivity contribution in [2.45, 2.75) is 12.5 Å². The fourth-order valence-corrected chi connectivity index (χ4v) is 2.75. The fourth-order valence-electron chi connectivity index (χ4n) is 1.78. The van der Waals surface area contributed by atoms with Gasteiger partial charge in [0, 0.05) is 0 Å². The third-order valence-electron chi connectivity index (χ3n) is 2.72. The third kappa shape index (κ3) is 2.14. The number of carbonyl (C=O) groups is 1. The number of aromatic carboxylic acids is 1. The molecule has 0 spiro atoms. The van der Waals surface area contributed by atoms with Crippen LogP contribution in [0, 0.1) is 5.82 Å². The molecule has 94 valence electrons. The number of aliphatic hydroxyl groups is 1. The summed E-state index contributed by atoms with van der Waals surface area (Å²) in [6.07, 6.45) is 0. The summed E-state index contributed by atoms with van der Waals surface area (Å²) in [5, 5.41) is 21.1. The summed E-state index contributed by atoms with van der Waals surface area (Å²) in [7, 11) is 0. The van der Waals surface area contributed by atoms with Crippen molar-refractivity contribution in [1.29, 1.82) is 0 Å². The molecule has 0 aliphatic heterocycles. The van der Waals surface area contributed by atoms with Gasteiger partial charge in [-0.25, -0.2) is 9.18 Å². The first-order chi connectivity index (χ1) is 8.43. The molecule has 1 atom stereocenters. The maximum atomic E-state index is 13.2. The normalized spacial score (nSPS) is 14.2. The van der Waals surface area contributed by atoms with Crippen LogP contribution in [-0.2, 0) is 5.60 Å². The van der Waals surface area contributed by atoms with Crippen LogP contribution < -0.4 is 0 Å². The monoisotopic (exact) mass is 266 g/mol. The first-order valence-corrected chi connectivity index (χ1v) is 6.10. The molecule has 2 aromatic rings. The van der Waals surface area contributed by atoms with E-state index in [1.54, 1.807) is 11.4 Å². The zero-order chi connectivity index (χ0) is 13.3. The van der Waals surface area contributed by atoms with Gasteiger partial charge in [-0.1, -0.05) is 12.1 Å². The number of thiophene rings is 1. The average Bonchev–Trinajstić information content (AvgIpc) is 2.78. The Morgan fingerprint density at radius 1 is 1.39 bits per heavy atom. The predicted molar refractivity (Wildman–Crippen MR) is 66.4 cm³/mol. The summed E-state index contributed by atoms with van der Waals surface area (Å²) < 4.78 is 13.2. The maximum Gasteiger partial charge on any atom is 0.336 e. The molecular formula is C13H11FO3S. The number of benzene rings is 1. The van der Waals surface area contributed by atoms with E-state index in [2.05, 4.69) is 0 Å². The first-order valence-electron chi connectivity index (χ1n) is 5.22. The van der Waals surface area contributed by atoms with E-state index < -0.39 is 17.4 Å². The molecule has 0 saturated heterocycles. The number of rotatable bonds is 3. The SMILES string of the molecule is CC(O)(c1cccc(F)c1)c1sccc1C(=O)O. The van der Waals surface area contributed by atoms with E-state index in [4.69, 9.17) is 5.11 Å². The summed E-state index contributed by atoms with van der Waals surface area (Å²) in [6, 6.07) is 6.94. The fraction of sp³-hybridized carbons (Fsp3) is 0.154. The zero-order valence-corrected chi connectivity index (χ0v) is 10.4. The number of carboxylic acids is 1. The predicted octanol–water partition coefficient (Wildman–Crippen LogP) is 2.84. The van der Waals surface area contributed by atoms with E-state index in [0.29, 0.717) is 10.4 Å². The van der Waals surface area contributed by atoms with E-state index in [9.17, 15) is 14.3 Å². The zero-order valence-electron chi connectivity index (χ0n) is 9.55.